The number of hydrogen-bond acceptors (Lipinski definition) is 8. The summed E-state index contributed by atoms with van der Waals surface area (Å²) in [7, 11) is 5.41. The number of aliphatic hydroxyl groups is 2. The third-order valence-electron chi connectivity index (χ3n) is 5.42. The smallest absolute Gasteiger partial charge is 0.269 e. The summed E-state index contributed by atoms with van der Waals surface area (Å²) >= 11 is 0. The third-order valence-corrected chi connectivity index (χ3v) is 5.42. The van der Waals surface area contributed by atoms with Gasteiger partial charge < -0.3 is 25.0 Å². The van der Waals surface area contributed by atoms with Gasteiger partial charge in [-0.15, -0.1) is 0 Å². The number of anilines is 1. The molecule has 1 saturated carbocycles. The Balaban J connectivity index is 1.54. The molecule has 0 saturated heterocycles. The molecule has 3 aromatic heterocycles. The van der Waals surface area contributed by atoms with Gasteiger partial charge in [0.2, 0.25) is 0 Å². The van der Waals surface area contributed by atoms with Gasteiger partial charge in [-0.2, -0.15) is 5.10 Å². The van der Waals surface area contributed by atoms with Gasteiger partial charge in [0.05, 0.1) is 18.4 Å². The number of nitrogens with zero attached hydrogens (tertiary/aromatic N) is 7. The van der Waals surface area contributed by atoms with Crippen molar-refractivity contribution in [2.45, 2.75) is 37.1 Å². The molecule has 0 aromatic carbocycles. The van der Waals surface area contributed by atoms with Gasteiger partial charge in [0, 0.05) is 27.3 Å². The predicted molar refractivity (Wildman–Crippen MR) is 104 cm³/mol. The zero-order valence-electron chi connectivity index (χ0n) is 16.5. The second-order valence-electron chi connectivity index (χ2n) is 7.46. The van der Waals surface area contributed by atoms with Crippen molar-refractivity contribution in [2.75, 3.05) is 19.0 Å². The number of hydrogen-bond donors (Lipinski definition) is 3. The maximum atomic E-state index is 12.4. The minimum atomic E-state index is -1.13. The normalized spacial score (nSPS) is 24.6. The Morgan fingerprint density at radius 3 is 2.69 bits per heavy atom. The van der Waals surface area contributed by atoms with Crippen LogP contribution in [0.2, 0.25) is 0 Å². The van der Waals surface area contributed by atoms with E-state index in [1.54, 1.807) is 24.0 Å². The zero-order valence-corrected chi connectivity index (χ0v) is 16.5. The molecule has 4 rings (SSSR count). The average Bonchev–Trinajstić information content (AvgIpc) is 3.31. The lowest BCUT2D eigenvalue weighted by atomic mass is 9.85. The molecule has 3 N–H and O–H groups in total. The van der Waals surface area contributed by atoms with Crippen LogP contribution in [0.3, 0.4) is 0 Å². The minimum Gasteiger partial charge on any atom is -0.388 e. The van der Waals surface area contributed by atoms with Crippen LogP contribution in [-0.4, -0.2) is 77.8 Å². The molecule has 1 aliphatic carbocycles. The standard InChI is InChI=1S/C18H24N8O3/c1-24(2)16-13-17(20-8-19-16)26(9-21-13)11-5-4-10(14(27)15(11)28)23-18(29)12-6-7-22-25(12)3/h6-11,14-15,27-28H,4-5H2,1-3H3,(H,23,29)/t10-,11-,14-,15-/m1/s1. The number of aryl methyl sites for hydroxylation is 1. The Bertz CT molecular complexity index is 1030. The Kier molecular flexibility index (Phi) is 4.92. The highest BCUT2D eigenvalue weighted by Crippen LogP contribution is 2.32. The topological polar surface area (TPSA) is 134 Å². The van der Waals surface area contributed by atoms with E-state index in [1.807, 2.05) is 19.0 Å². The van der Waals surface area contributed by atoms with Gasteiger partial charge in [0.25, 0.3) is 5.91 Å². The Morgan fingerprint density at radius 1 is 1.21 bits per heavy atom. The van der Waals surface area contributed by atoms with Crippen LogP contribution in [0, 0.1) is 0 Å². The van der Waals surface area contributed by atoms with Crippen LogP contribution in [0.25, 0.3) is 11.2 Å². The van der Waals surface area contributed by atoms with E-state index in [1.165, 1.54) is 17.2 Å². The van der Waals surface area contributed by atoms with E-state index < -0.39 is 24.3 Å². The molecule has 29 heavy (non-hydrogen) atoms. The van der Waals surface area contributed by atoms with E-state index in [2.05, 4.69) is 25.4 Å². The maximum absolute atomic E-state index is 12.4. The van der Waals surface area contributed by atoms with E-state index in [0.29, 0.717) is 35.5 Å². The van der Waals surface area contributed by atoms with E-state index >= 15 is 0 Å². The Hall–Kier alpha value is -3.05. The fourth-order valence-electron chi connectivity index (χ4n) is 3.87. The first-order chi connectivity index (χ1) is 13.9. The first-order valence-electron chi connectivity index (χ1n) is 9.38. The van der Waals surface area contributed by atoms with Gasteiger partial charge in [-0.3, -0.25) is 9.48 Å². The van der Waals surface area contributed by atoms with Gasteiger partial charge in [0.15, 0.2) is 17.0 Å². The van der Waals surface area contributed by atoms with Crippen molar-refractivity contribution in [1.29, 1.82) is 0 Å². The SMILES string of the molecule is CN(C)c1ncnc2c1ncn2[C@@H]1CC[C@@H](NC(=O)c2ccnn2C)[C@@H](O)[C@@H]1O. The van der Waals surface area contributed by atoms with Crippen molar-refractivity contribution in [3.05, 3.63) is 30.6 Å². The lowest BCUT2D eigenvalue weighted by Crippen LogP contribution is -2.54. The van der Waals surface area contributed by atoms with Crippen LogP contribution < -0.4 is 10.2 Å². The highest BCUT2D eigenvalue weighted by atomic mass is 16.3. The molecule has 0 radical (unpaired) electrons. The number of nitrogens with one attached hydrogen (secondary N) is 1. The summed E-state index contributed by atoms with van der Waals surface area (Å²) in [6, 6.07) is 0.624. The molecule has 0 aliphatic heterocycles. The molecule has 1 fully saturated rings. The molecule has 3 aromatic rings. The van der Waals surface area contributed by atoms with Gasteiger partial charge in [-0.05, 0) is 18.9 Å². The number of rotatable bonds is 4. The summed E-state index contributed by atoms with van der Waals surface area (Å²) in [5, 5.41) is 28.2. The van der Waals surface area contributed by atoms with E-state index in [-0.39, 0.29) is 5.91 Å². The molecular weight excluding hydrogens is 376 g/mol. The van der Waals surface area contributed by atoms with E-state index in [0.717, 1.165) is 0 Å². The monoisotopic (exact) mass is 400 g/mol. The summed E-state index contributed by atoms with van der Waals surface area (Å²) < 4.78 is 3.24. The molecule has 11 heteroatoms. The third kappa shape index (κ3) is 3.32. The van der Waals surface area contributed by atoms with Crippen molar-refractivity contribution in [1.82, 2.24) is 34.6 Å². The molecule has 1 amide bonds. The van der Waals surface area contributed by atoms with Gasteiger partial charge in [0.1, 0.15) is 24.2 Å². The predicted octanol–water partition coefficient (Wildman–Crippen LogP) is -0.519. The average molecular weight is 400 g/mol. The summed E-state index contributed by atoms with van der Waals surface area (Å²) in [5.74, 6) is 0.345. The van der Waals surface area contributed by atoms with Crippen LogP contribution in [0.1, 0.15) is 29.4 Å². The molecule has 11 nitrogen and oxygen atoms in total. The number of amides is 1. The highest BCUT2D eigenvalue weighted by molar-refractivity contribution is 5.92. The Labute approximate surface area is 167 Å². The van der Waals surface area contributed by atoms with Crippen molar-refractivity contribution in [3.8, 4) is 0 Å². The Morgan fingerprint density at radius 2 is 2.00 bits per heavy atom. The van der Waals surface area contributed by atoms with Crippen LogP contribution in [0.4, 0.5) is 5.82 Å². The molecule has 0 unspecified atom stereocenters. The van der Waals surface area contributed by atoms with Crippen LogP contribution in [0.15, 0.2) is 24.9 Å². The molecular formula is C18H24N8O3. The minimum absolute atomic E-state index is 0.337. The zero-order chi connectivity index (χ0) is 20.7. The second kappa shape index (κ2) is 7.41. The molecule has 1 aliphatic rings. The van der Waals surface area contributed by atoms with Crippen LogP contribution in [0.5, 0.6) is 0 Å². The molecule has 0 spiro atoms. The summed E-state index contributed by atoms with van der Waals surface area (Å²) in [4.78, 5) is 27.3. The van der Waals surface area contributed by atoms with Crippen LogP contribution >= 0.6 is 0 Å². The molecule has 0 bridgehead atoms. The van der Waals surface area contributed by atoms with Crippen molar-refractivity contribution in [3.63, 3.8) is 0 Å². The van der Waals surface area contributed by atoms with E-state index in [9.17, 15) is 15.0 Å². The quantitative estimate of drug-likeness (QED) is 0.533. The van der Waals surface area contributed by atoms with E-state index in [4.69, 9.17) is 0 Å². The number of imidazole rings is 1. The van der Waals surface area contributed by atoms with Gasteiger partial charge >= 0.3 is 0 Å². The summed E-state index contributed by atoms with van der Waals surface area (Å²) in [5.41, 5.74) is 1.62. The summed E-state index contributed by atoms with van der Waals surface area (Å²) in [6.45, 7) is 0. The number of carbonyl (C=O) groups is 1. The van der Waals surface area contributed by atoms with Crippen LogP contribution in [-0.2, 0) is 7.05 Å². The number of fused-ring (bicyclic) bond motifs is 1. The fourth-order valence-corrected chi connectivity index (χ4v) is 3.87. The second-order valence-corrected chi connectivity index (χ2v) is 7.46. The largest absolute Gasteiger partial charge is 0.388 e. The lowest BCUT2D eigenvalue weighted by Gasteiger charge is -2.38. The number of aromatic nitrogens is 6. The number of carbonyl (C=O) groups excluding carboxylic acids is 1. The first kappa shape index (κ1) is 19.3. The molecule has 154 valence electrons. The maximum Gasteiger partial charge on any atom is 0.269 e. The van der Waals surface area contributed by atoms with Crippen molar-refractivity contribution in [2.24, 2.45) is 7.05 Å². The first-order valence-corrected chi connectivity index (χ1v) is 9.38. The highest BCUT2D eigenvalue weighted by Gasteiger charge is 2.40. The lowest BCUT2D eigenvalue weighted by molar-refractivity contribution is -0.0553. The van der Waals surface area contributed by atoms with Gasteiger partial charge in [-0.1, -0.05) is 0 Å². The van der Waals surface area contributed by atoms with Crippen molar-refractivity contribution >= 4 is 22.9 Å². The van der Waals surface area contributed by atoms with Crippen molar-refractivity contribution < 1.29 is 15.0 Å². The fraction of sp³-hybridized carbons (Fsp3) is 0.500. The number of aliphatic hydroxyl groups excluding tert-OH is 2. The van der Waals surface area contributed by atoms with Gasteiger partial charge in [-0.25, -0.2) is 15.0 Å². The molecule has 3 heterocycles. The summed E-state index contributed by atoms with van der Waals surface area (Å²) in [6.07, 6.45) is 3.43. The molecule has 4 atom stereocenters.